The Bertz CT molecular complexity index is 354. The Labute approximate surface area is 88.5 Å². The number of carbonyl (C=O) groups is 1. The zero-order valence-electron chi connectivity index (χ0n) is 8.67. The lowest BCUT2D eigenvalue weighted by molar-refractivity contribution is 0.0827. The van der Waals surface area contributed by atoms with Crippen LogP contribution in [-0.4, -0.2) is 24.9 Å². The zero-order chi connectivity index (χ0) is 10.1. The summed E-state index contributed by atoms with van der Waals surface area (Å²) in [6.07, 6.45) is 4.77. The molecule has 0 bridgehead atoms. The van der Waals surface area contributed by atoms with Crippen molar-refractivity contribution in [1.29, 1.82) is 0 Å². The molecule has 0 aromatic carbocycles. The molecule has 1 heterocycles. The van der Waals surface area contributed by atoms with Crippen LogP contribution < -0.4 is 0 Å². The lowest BCUT2D eigenvalue weighted by atomic mass is 9.95. The van der Waals surface area contributed by atoms with Crippen molar-refractivity contribution in [2.24, 2.45) is 0 Å². The van der Waals surface area contributed by atoms with Gasteiger partial charge in [-0.05, 0) is 31.2 Å². The van der Waals surface area contributed by atoms with Crippen molar-refractivity contribution >= 4 is 17.2 Å². The average molecular weight is 209 g/mol. The van der Waals surface area contributed by atoms with Crippen molar-refractivity contribution < 1.29 is 4.79 Å². The van der Waals surface area contributed by atoms with Gasteiger partial charge in [0.15, 0.2) is 0 Å². The van der Waals surface area contributed by atoms with Crippen molar-refractivity contribution in [3.63, 3.8) is 0 Å². The van der Waals surface area contributed by atoms with Gasteiger partial charge in [-0.15, -0.1) is 11.3 Å². The Morgan fingerprint density at radius 2 is 2.07 bits per heavy atom. The molecule has 0 aliphatic heterocycles. The number of rotatable bonds is 1. The third-order valence-electron chi connectivity index (χ3n) is 2.70. The van der Waals surface area contributed by atoms with Crippen LogP contribution in [0.1, 0.15) is 33.6 Å². The van der Waals surface area contributed by atoms with Crippen molar-refractivity contribution in [2.75, 3.05) is 14.1 Å². The van der Waals surface area contributed by atoms with Gasteiger partial charge in [-0.25, -0.2) is 0 Å². The maximum absolute atomic E-state index is 11.8. The first-order valence-corrected chi connectivity index (χ1v) is 5.89. The Kier molecular flexibility index (Phi) is 2.59. The molecule has 2 rings (SSSR count). The number of hydrogen-bond acceptors (Lipinski definition) is 2. The molecule has 1 aromatic rings. The summed E-state index contributed by atoms with van der Waals surface area (Å²) in [7, 11) is 3.63. The van der Waals surface area contributed by atoms with E-state index in [1.807, 2.05) is 19.5 Å². The Balaban J connectivity index is 2.35. The molecule has 0 saturated carbocycles. The van der Waals surface area contributed by atoms with Gasteiger partial charge in [-0.3, -0.25) is 4.79 Å². The van der Waals surface area contributed by atoms with E-state index in [4.69, 9.17) is 0 Å². The largest absolute Gasteiger partial charge is 0.345 e. The van der Waals surface area contributed by atoms with E-state index in [2.05, 4.69) is 0 Å². The lowest BCUT2D eigenvalue weighted by Crippen LogP contribution is -2.22. The molecule has 0 N–H and O–H groups in total. The summed E-state index contributed by atoms with van der Waals surface area (Å²) in [6, 6.07) is 0. The van der Waals surface area contributed by atoms with Gasteiger partial charge in [0.25, 0.3) is 5.91 Å². The normalized spacial score (nSPS) is 15.0. The standard InChI is InChI=1S/C11H15NOS/c1-12(2)11(13)9-7-14-10-6-4-3-5-8(9)10/h7H,3-6H2,1-2H3. The minimum absolute atomic E-state index is 0.157. The molecule has 14 heavy (non-hydrogen) atoms. The zero-order valence-corrected chi connectivity index (χ0v) is 9.49. The van der Waals surface area contributed by atoms with E-state index in [1.54, 1.807) is 16.2 Å². The molecule has 0 atom stereocenters. The van der Waals surface area contributed by atoms with Gasteiger partial charge in [0.1, 0.15) is 0 Å². The van der Waals surface area contributed by atoms with E-state index >= 15 is 0 Å². The molecule has 2 nitrogen and oxygen atoms in total. The van der Waals surface area contributed by atoms with E-state index < -0.39 is 0 Å². The summed E-state index contributed by atoms with van der Waals surface area (Å²) in [5.41, 5.74) is 2.26. The van der Waals surface area contributed by atoms with Crippen LogP contribution in [0.5, 0.6) is 0 Å². The van der Waals surface area contributed by atoms with Crippen LogP contribution in [0.15, 0.2) is 5.38 Å². The van der Waals surface area contributed by atoms with E-state index in [-0.39, 0.29) is 5.91 Å². The number of aryl methyl sites for hydroxylation is 1. The Morgan fingerprint density at radius 1 is 1.36 bits per heavy atom. The molecule has 0 saturated heterocycles. The van der Waals surface area contributed by atoms with Crippen LogP contribution in [0.3, 0.4) is 0 Å². The highest BCUT2D eigenvalue weighted by atomic mass is 32.1. The number of hydrogen-bond donors (Lipinski definition) is 0. The second-order valence-corrected chi connectivity index (χ2v) is 4.92. The SMILES string of the molecule is CN(C)C(=O)c1csc2c1CCCC2. The first-order valence-electron chi connectivity index (χ1n) is 5.01. The quantitative estimate of drug-likeness (QED) is 0.695. The summed E-state index contributed by atoms with van der Waals surface area (Å²) in [5, 5.41) is 2.03. The molecule has 1 amide bonds. The highest BCUT2D eigenvalue weighted by Gasteiger charge is 2.20. The summed E-state index contributed by atoms with van der Waals surface area (Å²) >= 11 is 1.75. The molecule has 0 fully saturated rings. The summed E-state index contributed by atoms with van der Waals surface area (Å²) in [6.45, 7) is 0. The van der Waals surface area contributed by atoms with Crippen molar-refractivity contribution in [3.05, 3.63) is 21.4 Å². The molecular formula is C11H15NOS. The third-order valence-corrected chi connectivity index (χ3v) is 3.79. The van der Waals surface area contributed by atoms with Crippen molar-refractivity contribution in [2.45, 2.75) is 25.7 Å². The molecule has 3 heteroatoms. The number of nitrogens with zero attached hydrogens (tertiary/aromatic N) is 1. The maximum atomic E-state index is 11.8. The number of carbonyl (C=O) groups excluding carboxylic acids is 1. The van der Waals surface area contributed by atoms with Crippen LogP contribution in [0.4, 0.5) is 0 Å². The van der Waals surface area contributed by atoms with Crippen LogP contribution >= 0.6 is 11.3 Å². The molecule has 1 aliphatic rings. The maximum Gasteiger partial charge on any atom is 0.254 e. The second-order valence-electron chi connectivity index (χ2n) is 3.96. The van der Waals surface area contributed by atoms with Crippen LogP contribution in [0.2, 0.25) is 0 Å². The molecule has 0 radical (unpaired) electrons. The molecular weight excluding hydrogens is 194 g/mol. The highest BCUT2D eigenvalue weighted by Crippen LogP contribution is 2.30. The van der Waals surface area contributed by atoms with Gasteiger partial charge in [-0.1, -0.05) is 0 Å². The minimum atomic E-state index is 0.157. The Hall–Kier alpha value is -0.830. The van der Waals surface area contributed by atoms with Gasteiger partial charge >= 0.3 is 0 Å². The smallest absolute Gasteiger partial charge is 0.254 e. The van der Waals surface area contributed by atoms with E-state index in [1.165, 1.54) is 29.7 Å². The van der Waals surface area contributed by atoms with Crippen LogP contribution in [0, 0.1) is 0 Å². The fourth-order valence-corrected chi connectivity index (χ4v) is 3.03. The van der Waals surface area contributed by atoms with E-state index in [0.29, 0.717) is 0 Å². The molecule has 0 unspecified atom stereocenters. The second kappa shape index (κ2) is 3.73. The van der Waals surface area contributed by atoms with Crippen LogP contribution in [-0.2, 0) is 12.8 Å². The predicted molar refractivity (Wildman–Crippen MR) is 59.0 cm³/mol. The van der Waals surface area contributed by atoms with Crippen LogP contribution in [0.25, 0.3) is 0 Å². The number of fused-ring (bicyclic) bond motifs is 1. The molecule has 1 aromatic heterocycles. The van der Waals surface area contributed by atoms with Gasteiger partial charge in [0.05, 0.1) is 5.56 Å². The summed E-state index contributed by atoms with van der Waals surface area (Å²) < 4.78 is 0. The summed E-state index contributed by atoms with van der Waals surface area (Å²) in [5.74, 6) is 0.157. The summed E-state index contributed by atoms with van der Waals surface area (Å²) in [4.78, 5) is 14.9. The predicted octanol–water partition coefficient (Wildman–Crippen LogP) is 2.33. The minimum Gasteiger partial charge on any atom is -0.345 e. The third kappa shape index (κ3) is 1.57. The van der Waals surface area contributed by atoms with Crippen molar-refractivity contribution in [1.82, 2.24) is 4.90 Å². The Morgan fingerprint density at radius 3 is 2.79 bits per heavy atom. The topological polar surface area (TPSA) is 20.3 Å². The molecule has 76 valence electrons. The number of thiophene rings is 1. The van der Waals surface area contributed by atoms with Gasteiger partial charge < -0.3 is 4.90 Å². The molecule has 1 aliphatic carbocycles. The highest BCUT2D eigenvalue weighted by molar-refractivity contribution is 7.10. The van der Waals surface area contributed by atoms with Gasteiger partial charge in [-0.2, -0.15) is 0 Å². The lowest BCUT2D eigenvalue weighted by Gasteiger charge is -2.14. The monoisotopic (exact) mass is 209 g/mol. The first kappa shape index (κ1) is 9.71. The fraction of sp³-hybridized carbons (Fsp3) is 0.545. The average Bonchev–Trinajstić information content (AvgIpc) is 2.60. The number of amides is 1. The molecule has 0 spiro atoms. The first-order chi connectivity index (χ1) is 6.70. The fourth-order valence-electron chi connectivity index (χ4n) is 1.91. The van der Waals surface area contributed by atoms with E-state index in [0.717, 1.165) is 12.0 Å². The van der Waals surface area contributed by atoms with Crippen molar-refractivity contribution in [3.8, 4) is 0 Å². The van der Waals surface area contributed by atoms with Gasteiger partial charge in [0.2, 0.25) is 0 Å². The van der Waals surface area contributed by atoms with Gasteiger partial charge in [0, 0.05) is 24.4 Å². The van der Waals surface area contributed by atoms with E-state index in [9.17, 15) is 4.79 Å².